The zero-order valence-electron chi connectivity index (χ0n) is 34.1. The molecule has 2 fully saturated rings. The van der Waals surface area contributed by atoms with Gasteiger partial charge in [0, 0.05) is 88.4 Å². The molecule has 1 aromatic heterocycles. The highest BCUT2D eigenvalue weighted by Gasteiger charge is 2.32. The zero-order valence-corrected chi connectivity index (χ0v) is 34.1. The summed E-state index contributed by atoms with van der Waals surface area (Å²) in [5, 5.41) is 6.00. The highest BCUT2D eigenvalue weighted by Crippen LogP contribution is 2.35. The molecule has 306 valence electrons. The van der Waals surface area contributed by atoms with E-state index in [-0.39, 0.29) is 47.4 Å². The third kappa shape index (κ3) is 10.00. The molecule has 1 saturated carbocycles. The molecule has 4 aromatic rings. The number of aldehydes is 2. The second-order valence-corrected chi connectivity index (χ2v) is 15.5. The van der Waals surface area contributed by atoms with Crippen LogP contribution in [0.4, 0.5) is 11.6 Å². The van der Waals surface area contributed by atoms with Gasteiger partial charge in [-0.25, -0.2) is 9.97 Å². The summed E-state index contributed by atoms with van der Waals surface area (Å²) in [6.45, 7) is 11.9. The number of piperazine rings is 1. The van der Waals surface area contributed by atoms with Gasteiger partial charge in [0.2, 0.25) is 11.9 Å². The molecule has 0 bridgehead atoms. The number of carbonyl (C=O) groups is 4. The predicted molar refractivity (Wildman–Crippen MR) is 224 cm³/mol. The van der Waals surface area contributed by atoms with Gasteiger partial charge in [0.05, 0.1) is 11.3 Å². The van der Waals surface area contributed by atoms with Crippen LogP contribution in [0.15, 0.2) is 79.0 Å². The molecule has 0 spiro atoms. The first-order valence-corrected chi connectivity index (χ1v) is 20.1. The lowest BCUT2D eigenvalue weighted by Gasteiger charge is -2.36. The molecule has 2 amide bonds. The molecule has 3 aromatic carbocycles. The Kier molecular flexibility index (Phi) is 13.8. The topological polar surface area (TPSA) is 146 Å². The van der Waals surface area contributed by atoms with E-state index in [0.29, 0.717) is 24.9 Å². The number of likely N-dealkylation sites (N-methyl/N-ethyl adjacent to an activating group) is 3. The molecule has 2 N–H and O–H groups in total. The van der Waals surface area contributed by atoms with E-state index in [1.807, 2.05) is 36.5 Å². The molecule has 1 saturated heterocycles. The maximum atomic E-state index is 13.5. The molecule has 6 rings (SSSR count). The fourth-order valence-corrected chi connectivity index (χ4v) is 7.49. The molecule has 1 atom stereocenters. The van der Waals surface area contributed by atoms with Crippen molar-refractivity contribution >= 4 is 36.0 Å². The van der Waals surface area contributed by atoms with E-state index in [0.717, 1.165) is 74.3 Å². The van der Waals surface area contributed by atoms with Crippen LogP contribution in [-0.2, 0) is 21.6 Å². The summed E-state index contributed by atoms with van der Waals surface area (Å²) in [5.41, 5.74) is 4.03. The summed E-state index contributed by atoms with van der Waals surface area (Å²) < 4.78 is 12.4. The summed E-state index contributed by atoms with van der Waals surface area (Å²) >= 11 is 0. The number of carbonyl (C=O) groups excluding carboxylic acids is 4. The molecule has 13 heteroatoms. The highest BCUT2D eigenvalue weighted by atomic mass is 16.5. The maximum Gasteiger partial charge on any atom is 0.255 e. The second kappa shape index (κ2) is 19.1. The molecule has 58 heavy (non-hydrogen) atoms. The number of anilines is 2. The molecule has 1 unspecified atom stereocenters. The SMILES string of the molecule is CCN1CCN(c2nccc(COc3ccc(C(C)(C)c4ccc(O[C@H]5C[C@@H](Nc6ccc(C=O)c(C(=O)N(C)C(CCC=O)C(=O)NC)c6)C5)cc4)cc3)n2)CC1. The first-order chi connectivity index (χ1) is 28.0. The number of hydrogen-bond donors (Lipinski definition) is 2. The monoisotopic (exact) mass is 789 g/mol. The zero-order chi connectivity index (χ0) is 41.2. The molecule has 0 radical (unpaired) electrons. The van der Waals surface area contributed by atoms with Crippen molar-refractivity contribution in [2.75, 3.05) is 57.0 Å². The van der Waals surface area contributed by atoms with Gasteiger partial charge in [0.1, 0.15) is 36.5 Å². The Labute approximate surface area is 341 Å². The lowest BCUT2D eigenvalue weighted by molar-refractivity contribution is -0.125. The van der Waals surface area contributed by atoms with Crippen molar-refractivity contribution in [1.82, 2.24) is 25.1 Å². The van der Waals surface area contributed by atoms with Crippen LogP contribution >= 0.6 is 0 Å². The second-order valence-electron chi connectivity index (χ2n) is 15.5. The van der Waals surface area contributed by atoms with Gasteiger partial charge in [-0.1, -0.05) is 45.0 Å². The summed E-state index contributed by atoms with van der Waals surface area (Å²) in [6, 6.07) is 22.7. The summed E-state index contributed by atoms with van der Waals surface area (Å²) in [5.74, 6) is 1.49. The van der Waals surface area contributed by atoms with Crippen molar-refractivity contribution in [1.29, 1.82) is 0 Å². The van der Waals surface area contributed by atoms with Crippen LogP contribution in [0.5, 0.6) is 11.5 Å². The predicted octanol–water partition coefficient (Wildman–Crippen LogP) is 5.52. The van der Waals surface area contributed by atoms with Crippen LogP contribution in [0.3, 0.4) is 0 Å². The van der Waals surface area contributed by atoms with Gasteiger partial charge >= 0.3 is 0 Å². The fourth-order valence-electron chi connectivity index (χ4n) is 7.49. The number of ether oxygens (including phenoxy) is 2. The van der Waals surface area contributed by atoms with Crippen LogP contribution in [0, 0.1) is 0 Å². The van der Waals surface area contributed by atoms with E-state index < -0.39 is 11.9 Å². The maximum absolute atomic E-state index is 13.5. The standard InChI is InChI=1S/C45H55N7O6/c1-6-51-21-23-52(24-22-51)44-47-20-19-35(49-44)30-57-37-15-10-32(11-16-37)45(2,3)33-12-17-38(18-13-33)58-39-26-36(27-39)48-34-14-9-31(29-54)40(28-34)43(56)50(5)41(8-7-25-53)42(55)46-4/h9-20,25,28-29,36,39,41,48H,6-8,21-24,26-27,30H2,1-5H3,(H,46,55)/t36-,39+,41?. The van der Waals surface area contributed by atoms with Crippen molar-refractivity contribution in [2.24, 2.45) is 0 Å². The van der Waals surface area contributed by atoms with Crippen molar-refractivity contribution in [3.8, 4) is 11.5 Å². The first-order valence-electron chi connectivity index (χ1n) is 20.1. The fraction of sp³-hybridized carbons (Fsp3) is 0.422. The molecule has 13 nitrogen and oxygen atoms in total. The normalized spacial score (nSPS) is 17.4. The average molecular weight is 790 g/mol. The van der Waals surface area contributed by atoms with E-state index in [9.17, 15) is 19.2 Å². The van der Waals surface area contributed by atoms with E-state index in [1.54, 1.807) is 18.2 Å². The Balaban J connectivity index is 0.987. The quantitative estimate of drug-likeness (QED) is 0.123. The number of amides is 2. The van der Waals surface area contributed by atoms with Crippen LogP contribution in [0.25, 0.3) is 0 Å². The number of hydrogen-bond acceptors (Lipinski definition) is 11. The Hall–Kier alpha value is -5.82. The molecule has 2 heterocycles. The van der Waals surface area contributed by atoms with Crippen LogP contribution < -0.4 is 25.0 Å². The Morgan fingerprint density at radius 3 is 2.24 bits per heavy atom. The first kappa shape index (κ1) is 41.8. The van der Waals surface area contributed by atoms with Gasteiger partial charge in [0.25, 0.3) is 5.91 Å². The largest absolute Gasteiger partial charge is 0.490 e. The Morgan fingerprint density at radius 2 is 1.62 bits per heavy atom. The van der Waals surface area contributed by atoms with Gasteiger partial charge in [0.15, 0.2) is 6.29 Å². The number of nitrogens with zero attached hydrogens (tertiary/aromatic N) is 5. The van der Waals surface area contributed by atoms with Gasteiger partial charge < -0.3 is 39.6 Å². The molecule has 2 aliphatic rings. The smallest absolute Gasteiger partial charge is 0.255 e. The van der Waals surface area contributed by atoms with Crippen molar-refractivity contribution in [2.45, 2.75) is 76.7 Å². The van der Waals surface area contributed by atoms with Crippen LogP contribution in [-0.4, -0.2) is 109 Å². The Morgan fingerprint density at radius 1 is 0.948 bits per heavy atom. The number of rotatable bonds is 18. The van der Waals surface area contributed by atoms with Gasteiger partial charge in [-0.2, -0.15) is 0 Å². The van der Waals surface area contributed by atoms with Crippen molar-refractivity contribution in [3.63, 3.8) is 0 Å². The van der Waals surface area contributed by atoms with Crippen molar-refractivity contribution in [3.05, 3.63) is 107 Å². The minimum atomic E-state index is -0.844. The molecule has 1 aliphatic carbocycles. The molecule has 1 aliphatic heterocycles. The van der Waals surface area contributed by atoms with E-state index >= 15 is 0 Å². The molecular formula is C45H55N7O6. The number of aromatic nitrogens is 2. The highest BCUT2D eigenvalue weighted by molar-refractivity contribution is 6.04. The van der Waals surface area contributed by atoms with E-state index in [4.69, 9.17) is 14.5 Å². The molecular weight excluding hydrogens is 735 g/mol. The van der Waals surface area contributed by atoms with Gasteiger partial charge in [-0.15, -0.1) is 0 Å². The Bertz CT molecular complexity index is 2030. The van der Waals surface area contributed by atoms with Gasteiger partial charge in [-0.3, -0.25) is 14.4 Å². The van der Waals surface area contributed by atoms with Crippen LogP contribution in [0.2, 0.25) is 0 Å². The number of benzene rings is 3. The van der Waals surface area contributed by atoms with E-state index in [2.05, 4.69) is 70.5 Å². The van der Waals surface area contributed by atoms with E-state index in [1.165, 1.54) is 24.6 Å². The number of nitrogens with one attached hydrogen (secondary N) is 2. The third-order valence-electron chi connectivity index (χ3n) is 11.4. The van der Waals surface area contributed by atoms with Crippen LogP contribution in [0.1, 0.15) is 84.0 Å². The lowest BCUT2D eigenvalue weighted by atomic mass is 9.78. The minimum absolute atomic E-state index is 0.0296. The lowest BCUT2D eigenvalue weighted by Crippen LogP contribution is -2.47. The summed E-state index contributed by atoms with van der Waals surface area (Å²) in [7, 11) is 2.98. The minimum Gasteiger partial charge on any atom is -0.490 e. The third-order valence-corrected chi connectivity index (χ3v) is 11.4. The summed E-state index contributed by atoms with van der Waals surface area (Å²) in [4.78, 5) is 64.0. The van der Waals surface area contributed by atoms with Crippen molar-refractivity contribution < 1.29 is 28.7 Å². The average Bonchev–Trinajstić information content (AvgIpc) is 3.25. The summed E-state index contributed by atoms with van der Waals surface area (Å²) in [6.07, 6.45) is 5.02. The van der Waals surface area contributed by atoms with Gasteiger partial charge in [-0.05, 0) is 72.6 Å².